The first kappa shape index (κ1) is 15.2. The van der Waals surface area contributed by atoms with Crippen LogP contribution in [-0.2, 0) is 10.8 Å². The first-order chi connectivity index (χ1) is 9.15. The van der Waals surface area contributed by atoms with Crippen molar-refractivity contribution < 1.29 is 4.21 Å². The van der Waals surface area contributed by atoms with Crippen molar-refractivity contribution in [2.75, 3.05) is 6.54 Å². The fraction of sp³-hybridized carbons (Fsp3) is 0.600. The highest BCUT2D eigenvalue weighted by molar-refractivity contribution is 9.10. The molecule has 0 aliphatic heterocycles. The molecule has 1 aliphatic rings. The van der Waals surface area contributed by atoms with Crippen molar-refractivity contribution in [3.63, 3.8) is 0 Å². The molecular weight excluding hydrogens is 322 g/mol. The Morgan fingerprint density at radius 3 is 2.58 bits per heavy atom. The summed E-state index contributed by atoms with van der Waals surface area (Å²) in [4.78, 5) is 0.934. The molecule has 0 saturated heterocycles. The molecular formula is C15H22BrNOS. The lowest BCUT2D eigenvalue weighted by molar-refractivity contribution is 0.280. The van der Waals surface area contributed by atoms with Gasteiger partial charge in [0, 0.05) is 14.6 Å². The minimum absolute atomic E-state index is 0.227. The van der Waals surface area contributed by atoms with E-state index in [4.69, 9.17) is 5.73 Å². The maximum atomic E-state index is 12.8. The first-order valence-electron chi connectivity index (χ1n) is 7.02. The Kier molecular flexibility index (Phi) is 5.60. The lowest BCUT2D eigenvalue weighted by atomic mass is 9.80. The summed E-state index contributed by atoms with van der Waals surface area (Å²) in [6.45, 7) is 2.89. The van der Waals surface area contributed by atoms with Crippen LogP contribution in [-0.4, -0.2) is 16.0 Å². The molecule has 2 N–H and O–H groups in total. The van der Waals surface area contributed by atoms with Gasteiger partial charge in [-0.2, -0.15) is 0 Å². The van der Waals surface area contributed by atoms with Crippen LogP contribution in [0.2, 0.25) is 0 Å². The van der Waals surface area contributed by atoms with Crippen molar-refractivity contribution >= 4 is 26.7 Å². The van der Waals surface area contributed by atoms with E-state index in [0.29, 0.717) is 18.4 Å². The van der Waals surface area contributed by atoms with Gasteiger partial charge in [0.2, 0.25) is 0 Å². The summed E-state index contributed by atoms with van der Waals surface area (Å²) in [6.07, 6.45) is 4.61. The van der Waals surface area contributed by atoms with E-state index >= 15 is 0 Å². The molecule has 0 amide bonds. The van der Waals surface area contributed by atoms with E-state index < -0.39 is 10.8 Å². The van der Waals surface area contributed by atoms with Crippen LogP contribution in [0.3, 0.4) is 0 Å². The highest BCUT2D eigenvalue weighted by Gasteiger charge is 2.33. The number of rotatable bonds is 4. The van der Waals surface area contributed by atoms with Gasteiger partial charge in [0.15, 0.2) is 0 Å². The summed E-state index contributed by atoms with van der Waals surface area (Å²) in [5.74, 6) is 1.12. The van der Waals surface area contributed by atoms with Gasteiger partial charge < -0.3 is 5.73 Å². The van der Waals surface area contributed by atoms with Crippen molar-refractivity contribution in [1.29, 1.82) is 0 Å². The monoisotopic (exact) mass is 343 g/mol. The molecule has 0 spiro atoms. The smallest absolute Gasteiger partial charge is 0.0564 e. The van der Waals surface area contributed by atoms with Crippen molar-refractivity contribution in [3.8, 4) is 0 Å². The minimum atomic E-state index is -0.931. The van der Waals surface area contributed by atoms with Crippen LogP contribution in [0.25, 0.3) is 0 Å². The number of nitrogens with two attached hydrogens (primary N) is 1. The number of halogens is 1. The largest absolute Gasteiger partial charge is 0.330 e. The van der Waals surface area contributed by atoms with Crippen LogP contribution < -0.4 is 5.73 Å². The summed E-state index contributed by atoms with van der Waals surface area (Å²) < 4.78 is 13.8. The van der Waals surface area contributed by atoms with E-state index in [1.807, 2.05) is 24.3 Å². The van der Waals surface area contributed by atoms with Crippen LogP contribution in [0.4, 0.5) is 0 Å². The fourth-order valence-electron chi connectivity index (χ4n) is 2.92. The van der Waals surface area contributed by atoms with E-state index in [2.05, 4.69) is 22.9 Å². The predicted octanol–water partition coefficient (Wildman–Crippen LogP) is 3.71. The van der Waals surface area contributed by atoms with Crippen molar-refractivity contribution in [3.05, 3.63) is 28.7 Å². The third-order valence-electron chi connectivity index (χ3n) is 4.24. The second-order valence-electron chi connectivity index (χ2n) is 5.37. The normalized spacial score (nSPS) is 29.1. The van der Waals surface area contributed by atoms with Gasteiger partial charge in [-0.1, -0.05) is 35.7 Å². The predicted molar refractivity (Wildman–Crippen MR) is 84.5 cm³/mol. The summed E-state index contributed by atoms with van der Waals surface area (Å²) >= 11 is 3.42. The summed E-state index contributed by atoms with van der Waals surface area (Å²) in [5, 5.41) is 0.227. The quantitative estimate of drug-likeness (QED) is 0.905. The molecule has 1 fully saturated rings. The molecule has 4 atom stereocenters. The molecule has 2 nitrogen and oxygen atoms in total. The SMILES string of the molecule is CCC1CCC(CN)C(S(=O)c2ccc(Br)cc2)C1. The zero-order chi connectivity index (χ0) is 13.8. The third kappa shape index (κ3) is 3.67. The minimum Gasteiger partial charge on any atom is -0.330 e. The van der Waals surface area contributed by atoms with Gasteiger partial charge in [-0.15, -0.1) is 0 Å². The van der Waals surface area contributed by atoms with Gasteiger partial charge in [-0.3, -0.25) is 4.21 Å². The maximum Gasteiger partial charge on any atom is 0.0564 e. The molecule has 0 heterocycles. The average molecular weight is 344 g/mol. The van der Waals surface area contributed by atoms with Crippen LogP contribution in [0.1, 0.15) is 32.6 Å². The van der Waals surface area contributed by atoms with Crippen molar-refractivity contribution in [2.24, 2.45) is 17.6 Å². The van der Waals surface area contributed by atoms with Gasteiger partial charge in [-0.05, 0) is 55.5 Å². The second kappa shape index (κ2) is 7.00. The molecule has 0 aromatic heterocycles. The second-order valence-corrected chi connectivity index (χ2v) is 7.96. The summed E-state index contributed by atoms with van der Waals surface area (Å²) in [5.41, 5.74) is 5.88. The molecule has 106 valence electrons. The number of hydrogen-bond acceptors (Lipinski definition) is 2. The lowest BCUT2D eigenvalue weighted by Gasteiger charge is -2.34. The Balaban J connectivity index is 2.16. The molecule has 1 aliphatic carbocycles. The highest BCUT2D eigenvalue weighted by atomic mass is 79.9. The molecule has 0 bridgehead atoms. The standard InChI is InChI=1S/C15H22BrNOS/c1-2-11-3-4-12(10-17)15(9-11)19(18)14-7-5-13(16)6-8-14/h5-8,11-12,15H,2-4,9-10,17H2,1H3. The Labute approximate surface area is 126 Å². The maximum absolute atomic E-state index is 12.8. The first-order valence-corrected chi connectivity index (χ1v) is 9.02. The topological polar surface area (TPSA) is 43.1 Å². The Bertz CT molecular complexity index is 434. The summed E-state index contributed by atoms with van der Waals surface area (Å²) in [6, 6.07) is 7.85. The molecule has 19 heavy (non-hydrogen) atoms. The fourth-order valence-corrected chi connectivity index (χ4v) is 4.98. The number of benzene rings is 1. The molecule has 2 rings (SSSR count). The van der Waals surface area contributed by atoms with E-state index in [-0.39, 0.29) is 5.25 Å². The Morgan fingerprint density at radius 2 is 2.00 bits per heavy atom. The van der Waals surface area contributed by atoms with Crippen molar-refractivity contribution in [2.45, 2.75) is 42.8 Å². The van der Waals surface area contributed by atoms with Crippen molar-refractivity contribution in [1.82, 2.24) is 0 Å². The average Bonchev–Trinajstić information content (AvgIpc) is 2.46. The van der Waals surface area contributed by atoms with E-state index in [0.717, 1.165) is 22.2 Å². The van der Waals surface area contributed by atoms with E-state index in [9.17, 15) is 4.21 Å². The molecule has 0 radical (unpaired) electrons. The third-order valence-corrected chi connectivity index (χ3v) is 6.63. The van der Waals surface area contributed by atoms with E-state index in [1.165, 1.54) is 12.8 Å². The Hall–Kier alpha value is -0.190. The van der Waals surface area contributed by atoms with Gasteiger partial charge in [0.05, 0.1) is 10.8 Å². The highest BCUT2D eigenvalue weighted by Crippen LogP contribution is 2.35. The molecule has 1 saturated carbocycles. The van der Waals surface area contributed by atoms with Gasteiger partial charge >= 0.3 is 0 Å². The van der Waals surface area contributed by atoms with Crippen LogP contribution >= 0.6 is 15.9 Å². The zero-order valence-corrected chi connectivity index (χ0v) is 13.8. The van der Waals surface area contributed by atoms with Gasteiger partial charge in [-0.25, -0.2) is 0 Å². The van der Waals surface area contributed by atoms with Gasteiger partial charge in [0.25, 0.3) is 0 Å². The molecule has 4 unspecified atom stereocenters. The summed E-state index contributed by atoms with van der Waals surface area (Å²) in [7, 11) is -0.931. The van der Waals surface area contributed by atoms with E-state index in [1.54, 1.807) is 0 Å². The molecule has 1 aromatic rings. The molecule has 4 heteroatoms. The lowest BCUT2D eigenvalue weighted by Crippen LogP contribution is -2.37. The van der Waals surface area contributed by atoms with Crippen LogP contribution in [0.5, 0.6) is 0 Å². The van der Waals surface area contributed by atoms with Crippen LogP contribution in [0, 0.1) is 11.8 Å². The van der Waals surface area contributed by atoms with Crippen LogP contribution in [0.15, 0.2) is 33.6 Å². The number of hydrogen-bond donors (Lipinski definition) is 1. The van der Waals surface area contributed by atoms with Gasteiger partial charge in [0.1, 0.15) is 0 Å². The molecule has 1 aromatic carbocycles. The Morgan fingerprint density at radius 1 is 1.32 bits per heavy atom. The zero-order valence-electron chi connectivity index (χ0n) is 11.3.